The summed E-state index contributed by atoms with van der Waals surface area (Å²) in [7, 11) is 0. The molecule has 6 nitrogen and oxygen atoms in total. The van der Waals surface area contributed by atoms with Crippen molar-refractivity contribution in [1.29, 1.82) is 0 Å². The number of ether oxygens (including phenoxy) is 1. The summed E-state index contributed by atoms with van der Waals surface area (Å²) in [4.78, 5) is 23.0. The van der Waals surface area contributed by atoms with Gasteiger partial charge in [0.2, 0.25) is 0 Å². The van der Waals surface area contributed by atoms with Gasteiger partial charge in [0.25, 0.3) is 0 Å². The summed E-state index contributed by atoms with van der Waals surface area (Å²) in [5.41, 5.74) is 1.24. The number of benzene rings is 1. The van der Waals surface area contributed by atoms with Crippen molar-refractivity contribution < 1.29 is 13.9 Å². The van der Waals surface area contributed by atoms with Crippen LogP contribution in [0.2, 0.25) is 0 Å². The van der Waals surface area contributed by atoms with Crippen LogP contribution in [0.4, 0.5) is 20.7 Å². The molecule has 0 unspecified atom stereocenters. The van der Waals surface area contributed by atoms with Crippen LogP contribution in [0, 0.1) is 5.82 Å². The number of urea groups is 1. The fourth-order valence-corrected chi connectivity index (χ4v) is 3.10. The number of amides is 2. The first kappa shape index (κ1) is 17.9. The zero-order chi connectivity index (χ0) is 19.7. The number of carbonyl (C=O) groups is 1. The molecule has 1 aromatic carbocycles. The summed E-state index contributed by atoms with van der Waals surface area (Å²) < 4.78 is 19.6. The van der Waals surface area contributed by atoms with Crippen LogP contribution >= 0.6 is 0 Å². The third kappa shape index (κ3) is 3.64. The van der Waals surface area contributed by atoms with E-state index in [1.807, 2.05) is 13.8 Å². The van der Waals surface area contributed by atoms with E-state index in [1.165, 1.54) is 12.1 Å². The topological polar surface area (TPSA) is 67.4 Å². The van der Waals surface area contributed by atoms with Gasteiger partial charge in [-0.05, 0) is 50.2 Å². The predicted molar refractivity (Wildman–Crippen MR) is 105 cm³/mol. The molecule has 0 saturated carbocycles. The van der Waals surface area contributed by atoms with Crippen LogP contribution in [-0.4, -0.2) is 28.1 Å². The molecule has 2 aromatic heterocycles. The maximum Gasteiger partial charge on any atom is 0.327 e. The van der Waals surface area contributed by atoms with Crippen LogP contribution in [0.5, 0.6) is 5.75 Å². The van der Waals surface area contributed by atoms with E-state index in [9.17, 15) is 9.18 Å². The standard InChI is InChI=1S/C21H19FN4O2/c1-21(2)13-26(20(27)24-16-8-10-23-11-9-16)19-18(28-21)7-6-17(25-19)14-4-3-5-15(22)12-14/h3-12H,13H2,1-2H3,(H,23,24,27). The molecule has 0 radical (unpaired) electrons. The largest absolute Gasteiger partial charge is 0.482 e. The number of nitrogens with zero attached hydrogens (tertiary/aromatic N) is 3. The first-order chi connectivity index (χ1) is 13.4. The fraction of sp³-hybridized carbons (Fsp3) is 0.190. The summed E-state index contributed by atoms with van der Waals surface area (Å²) in [5, 5.41) is 2.85. The van der Waals surface area contributed by atoms with Crippen LogP contribution in [0.25, 0.3) is 11.3 Å². The Bertz CT molecular complexity index is 1020. The van der Waals surface area contributed by atoms with E-state index in [-0.39, 0.29) is 11.8 Å². The maximum atomic E-state index is 13.6. The molecule has 2 amide bonds. The Morgan fingerprint density at radius 2 is 1.96 bits per heavy atom. The number of halogens is 1. The van der Waals surface area contributed by atoms with Crippen molar-refractivity contribution >= 4 is 17.5 Å². The fourth-order valence-electron chi connectivity index (χ4n) is 3.10. The number of fused-ring (bicyclic) bond motifs is 1. The molecule has 142 valence electrons. The lowest BCUT2D eigenvalue weighted by Gasteiger charge is -2.38. The second kappa shape index (κ2) is 6.92. The monoisotopic (exact) mass is 378 g/mol. The average molecular weight is 378 g/mol. The lowest BCUT2D eigenvalue weighted by molar-refractivity contribution is 0.106. The minimum absolute atomic E-state index is 0.316. The zero-order valence-corrected chi connectivity index (χ0v) is 15.5. The first-order valence-electron chi connectivity index (χ1n) is 8.86. The van der Waals surface area contributed by atoms with Crippen molar-refractivity contribution in [1.82, 2.24) is 9.97 Å². The van der Waals surface area contributed by atoms with Gasteiger partial charge in [0, 0.05) is 23.6 Å². The Morgan fingerprint density at radius 3 is 2.71 bits per heavy atom. The summed E-state index contributed by atoms with van der Waals surface area (Å²) in [6.45, 7) is 4.13. The van der Waals surface area contributed by atoms with E-state index >= 15 is 0 Å². The second-order valence-electron chi connectivity index (χ2n) is 7.14. The number of nitrogens with one attached hydrogen (secondary N) is 1. The average Bonchev–Trinajstić information content (AvgIpc) is 2.67. The van der Waals surface area contributed by atoms with Gasteiger partial charge in [-0.2, -0.15) is 0 Å². The van der Waals surface area contributed by atoms with E-state index in [4.69, 9.17) is 4.74 Å². The van der Waals surface area contributed by atoms with Crippen molar-refractivity contribution in [3.05, 3.63) is 66.7 Å². The lowest BCUT2D eigenvalue weighted by Crippen LogP contribution is -2.51. The lowest BCUT2D eigenvalue weighted by atomic mass is 10.1. The highest BCUT2D eigenvalue weighted by atomic mass is 19.1. The third-order valence-electron chi connectivity index (χ3n) is 4.32. The third-order valence-corrected chi connectivity index (χ3v) is 4.32. The molecule has 0 saturated heterocycles. The smallest absolute Gasteiger partial charge is 0.327 e. The van der Waals surface area contributed by atoms with Crippen molar-refractivity contribution in [3.63, 3.8) is 0 Å². The van der Waals surface area contributed by atoms with E-state index in [0.29, 0.717) is 35.1 Å². The SMILES string of the molecule is CC1(C)CN(C(=O)Nc2ccncc2)c2nc(-c3cccc(F)c3)ccc2O1. The van der Waals surface area contributed by atoms with Crippen LogP contribution < -0.4 is 15.0 Å². The second-order valence-corrected chi connectivity index (χ2v) is 7.14. The van der Waals surface area contributed by atoms with Crippen LogP contribution in [0.15, 0.2) is 60.9 Å². The zero-order valence-electron chi connectivity index (χ0n) is 15.5. The minimum atomic E-state index is -0.579. The molecule has 3 heterocycles. The highest BCUT2D eigenvalue weighted by molar-refractivity contribution is 6.02. The number of hydrogen-bond acceptors (Lipinski definition) is 4. The van der Waals surface area contributed by atoms with Crippen LogP contribution in [-0.2, 0) is 0 Å². The van der Waals surface area contributed by atoms with Crippen molar-refractivity contribution in [2.24, 2.45) is 0 Å². The van der Waals surface area contributed by atoms with E-state index in [2.05, 4.69) is 15.3 Å². The Kier molecular flexibility index (Phi) is 4.43. The molecule has 0 bridgehead atoms. The molecule has 28 heavy (non-hydrogen) atoms. The molecule has 0 spiro atoms. The van der Waals surface area contributed by atoms with Gasteiger partial charge in [-0.3, -0.25) is 9.88 Å². The molecule has 1 N–H and O–H groups in total. The maximum absolute atomic E-state index is 13.6. The number of anilines is 2. The molecular weight excluding hydrogens is 359 g/mol. The van der Waals surface area contributed by atoms with Gasteiger partial charge in [-0.15, -0.1) is 0 Å². The van der Waals surface area contributed by atoms with Gasteiger partial charge >= 0.3 is 6.03 Å². The molecular formula is C21H19FN4O2. The molecule has 7 heteroatoms. The van der Waals surface area contributed by atoms with Gasteiger partial charge in [0.05, 0.1) is 12.2 Å². The van der Waals surface area contributed by atoms with Gasteiger partial charge in [-0.25, -0.2) is 14.2 Å². The Hall–Kier alpha value is -3.48. The molecule has 0 fully saturated rings. The van der Waals surface area contributed by atoms with Crippen LogP contribution in [0.1, 0.15) is 13.8 Å². The van der Waals surface area contributed by atoms with Gasteiger partial charge in [0.1, 0.15) is 11.4 Å². The van der Waals surface area contributed by atoms with Crippen LogP contribution in [0.3, 0.4) is 0 Å². The summed E-state index contributed by atoms with van der Waals surface area (Å²) in [6, 6.07) is 12.8. The molecule has 3 aromatic rings. The molecule has 1 aliphatic heterocycles. The number of hydrogen-bond donors (Lipinski definition) is 1. The van der Waals surface area contributed by atoms with Gasteiger partial charge in [-0.1, -0.05) is 12.1 Å². The van der Waals surface area contributed by atoms with Gasteiger partial charge < -0.3 is 10.1 Å². The summed E-state index contributed by atoms with van der Waals surface area (Å²) in [5.74, 6) is 0.551. The highest BCUT2D eigenvalue weighted by Crippen LogP contribution is 2.37. The minimum Gasteiger partial charge on any atom is -0.482 e. The summed E-state index contributed by atoms with van der Waals surface area (Å²) >= 11 is 0. The Labute approximate surface area is 162 Å². The summed E-state index contributed by atoms with van der Waals surface area (Å²) in [6.07, 6.45) is 3.21. The van der Waals surface area contributed by atoms with E-state index in [0.717, 1.165) is 0 Å². The quantitative estimate of drug-likeness (QED) is 0.713. The number of pyridine rings is 2. The molecule has 4 rings (SSSR count). The molecule has 1 aliphatic rings. The highest BCUT2D eigenvalue weighted by Gasteiger charge is 2.36. The Balaban J connectivity index is 1.72. The number of carbonyl (C=O) groups excluding carboxylic acids is 1. The predicted octanol–water partition coefficient (Wildman–Crippen LogP) is 4.49. The number of aromatic nitrogens is 2. The molecule has 0 aliphatic carbocycles. The van der Waals surface area contributed by atoms with E-state index < -0.39 is 5.60 Å². The first-order valence-corrected chi connectivity index (χ1v) is 8.86. The van der Waals surface area contributed by atoms with Crippen molar-refractivity contribution in [3.8, 4) is 17.0 Å². The molecule has 0 atom stereocenters. The number of rotatable bonds is 2. The normalized spacial score (nSPS) is 14.8. The van der Waals surface area contributed by atoms with Crippen molar-refractivity contribution in [2.75, 3.05) is 16.8 Å². The Morgan fingerprint density at radius 1 is 1.18 bits per heavy atom. The van der Waals surface area contributed by atoms with Gasteiger partial charge in [0.15, 0.2) is 11.6 Å². The van der Waals surface area contributed by atoms with E-state index in [1.54, 1.807) is 53.7 Å². The van der Waals surface area contributed by atoms with Crippen molar-refractivity contribution in [2.45, 2.75) is 19.4 Å².